The molecule has 0 heterocycles. The van der Waals surface area contributed by atoms with Gasteiger partial charge in [-0.2, -0.15) is 11.8 Å². The number of allylic oxidation sites excluding steroid dienone is 1. The Kier molecular flexibility index (Phi) is 18.6. The minimum Gasteiger partial charge on any atom is -0.481 e. The molecule has 3 N–H and O–H groups in total. The SMILES string of the molecule is CCCCCCCCCCC/C=C\C(SCCC(=O)O)C(O)CCCC(=O)O. The molecule has 0 aliphatic carbocycles. The maximum absolute atomic E-state index is 10.7. The largest absolute Gasteiger partial charge is 0.481 e. The van der Waals surface area contributed by atoms with Crippen molar-refractivity contribution in [2.45, 2.75) is 108 Å². The zero-order valence-corrected chi connectivity index (χ0v) is 18.3. The number of unbranched alkanes of at least 4 members (excludes halogenated alkanes) is 9. The number of carbonyl (C=O) groups is 2. The number of thioether (sulfide) groups is 1. The molecule has 0 aliphatic heterocycles. The summed E-state index contributed by atoms with van der Waals surface area (Å²) in [5.41, 5.74) is 0. The van der Waals surface area contributed by atoms with Crippen molar-refractivity contribution >= 4 is 23.7 Å². The van der Waals surface area contributed by atoms with Gasteiger partial charge in [-0.15, -0.1) is 0 Å². The fourth-order valence-corrected chi connectivity index (χ4v) is 4.15. The van der Waals surface area contributed by atoms with Crippen LogP contribution >= 0.6 is 11.8 Å². The molecule has 2 unspecified atom stereocenters. The Bertz CT molecular complexity index is 425. The number of aliphatic hydroxyl groups is 1. The van der Waals surface area contributed by atoms with E-state index in [2.05, 4.69) is 13.0 Å². The van der Waals surface area contributed by atoms with E-state index in [4.69, 9.17) is 10.2 Å². The molecule has 28 heavy (non-hydrogen) atoms. The summed E-state index contributed by atoms with van der Waals surface area (Å²) in [4.78, 5) is 21.3. The van der Waals surface area contributed by atoms with Crippen molar-refractivity contribution < 1.29 is 24.9 Å². The van der Waals surface area contributed by atoms with Crippen molar-refractivity contribution in [3.63, 3.8) is 0 Å². The molecule has 6 heteroatoms. The summed E-state index contributed by atoms with van der Waals surface area (Å²) in [5.74, 6) is -1.26. The summed E-state index contributed by atoms with van der Waals surface area (Å²) >= 11 is 1.43. The Morgan fingerprint density at radius 2 is 1.43 bits per heavy atom. The normalized spacial score (nSPS) is 13.6. The van der Waals surface area contributed by atoms with Gasteiger partial charge in [-0.3, -0.25) is 9.59 Å². The molecule has 2 atom stereocenters. The van der Waals surface area contributed by atoms with Gasteiger partial charge in [-0.25, -0.2) is 0 Å². The van der Waals surface area contributed by atoms with E-state index >= 15 is 0 Å². The average molecular weight is 417 g/mol. The van der Waals surface area contributed by atoms with Crippen molar-refractivity contribution in [2.75, 3.05) is 5.75 Å². The van der Waals surface area contributed by atoms with E-state index in [1.54, 1.807) is 0 Å². The Morgan fingerprint density at radius 1 is 0.857 bits per heavy atom. The summed E-state index contributed by atoms with van der Waals surface area (Å²) < 4.78 is 0. The number of rotatable bonds is 20. The highest BCUT2D eigenvalue weighted by Gasteiger charge is 2.17. The zero-order chi connectivity index (χ0) is 21.0. The Hall–Kier alpha value is -1.01. The van der Waals surface area contributed by atoms with Crippen LogP contribution in [-0.2, 0) is 9.59 Å². The van der Waals surface area contributed by atoms with Crippen molar-refractivity contribution in [1.29, 1.82) is 0 Å². The molecule has 0 fully saturated rings. The smallest absolute Gasteiger partial charge is 0.304 e. The summed E-state index contributed by atoms with van der Waals surface area (Å²) in [6.45, 7) is 2.23. The molecule has 0 saturated carbocycles. The van der Waals surface area contributed by atoms with E-state index in [0.29, 0.717) is 18.6 Å². The minimum atomic E-state index is -0.858. The second-order valence-corrected chi connectivity index (χ2v) is 8.66. The fraction of sp³-hybridized carbons (Fsp3) is 0.818. The molecule has 5 nitrogen and oxygen atoms in total. The molecule has 0 aliphatic rings. The molecule has 0 amide bonds. The lowest BCUT2D eigenvalue weighted by atomic mass is 10.1. The lowest BCUT2D eigenvalue weighted by molar-refractivity contribution is -0.137. The molecule has 0 aromatic carbocycles. The number of carboxylic acid groups (broad SMARTS) is 2. The summed E-state index contributed by atoms with van der Waals surface area (Å²) in [5, 5.41) is 27.7. The summed E-state index contributed by atoms with van der Waals surface area (Å²) in [6.07, 6.45) is 16.9. The van der Waals surface area contributed by atoms with Crippen LogP contribution in [0.3, 0.4) is 0 Å². The molecule has 0 rings (SSSR count). The van der Waals surface area contributed by atoms with E-state index in [1.165, 1.54) is 63.1 Å². The Balaban J connectivity index is 4.05. The van der Waals surface area contributed by atoms with Crippen LogP contribution in [0.15, 0.2) is 12.2 Å². The van der Waals surface area contributed by atoms with Crippen LogP contribution in [0.4, 0.5) is 0 Å². The second kappa shape index (κ2) is 19.3. The van der Waals surface area contributed by atoms with Crippen LogP contribution in [0.25, 0.3) is 0 Å². The third-order valence-corrected chi connectivity index (χ3v) is 5.99. The lowest BCUT2D eigenvalue weighted by Crippen LogP contribution is -2.22. The topological polar surface area (TPSA) is 94.8 Å². The van der Waals surface area contributed by atoms with E-state index < -0.39 is 18.0 Å². The van der Waals surface area contributed by atoms with Gasteiger partial charge in [0.1, 0.15) is 0 Å². The first-order valence-corrected chi connectivity index (χ1v) is 11.9. The van der Waals surface area contributed by atoms with Gasteiger partial charge < -0.3 is 15.3 Å². The van der Waals surface area contributed by atoms with E-state index in [1.807, 2.05) is 6.08 Å². The van der Waals surface area contributed by atoms with E-state index in [-0.39, 0.29) is 18.1 Å². The van der Waals surface area contributed by atoms with Crippen molar-refractivity contribution in [3.8, 4) is 0 Å². The second-order valence-electron chi connectivity index (χ2n) is 7.38. The van der Waals surface area contributed by atoms with Gasteiger partial charge in [-0.05, 0) is 25.7 Å². The van der Waals surface area contributed by atoms with E-state index in [0.717, 1.165) is 12.8 Å². The van der Waals surface area contributed by atoms with Gasteiger partial charge in [0.15, 0.2) is 0 Å². The number of hydrogen-bond acceptors (Lipinski definition) is 4. The highest BCUT2D eigenvalue weighted by atomic mass is 32.2. The molecular formula is C22H40O5S. The monoisotopic (exact) mass is 416 g/mol. The summed E-state index contributed by atoms with van der Waals surface area (Å²) in [6, 6.07) is 0. The molecule has 0 saturated heterocycles. The highest BCUT2D eigenvalue weighted by molar-refractivity contribution is 8.00. The maximum atomic E-state index is 10.7. The zero-order valence-electron chi connectivity index (χ0n) is 17.5. The fourth-order valence-electron chi connectivity index (χ4n) is 3.01. The van der Waals surface area contributed by atoms with Crippen LogP contribution in [0, 0.1) is 0 Å². The van der Waals surface area contributed by atoms with Crippen molar-refractivity contribution in [3.05, 3.63) is 12.2 Å². The molecule has 164 valence electrons. The van der Waals surface area contributed by atoms with Gasteiger partial charge in [-0.1, -0.05) is 70.4 Å². The third kappa shape index (κ3) is 18.4. The van der Waals surface area contributed by atoms with Gasteiger partial charge in [0.2, 0.25) is 0 Å². The number of carboxylic acids is 2. The molecule has 0 bridgehead atoms. The molecule has 0 radical (unpaired) electrons. The van der Waals surface area contributed by atoms with Crippen LogP contribution in [0.2, 0.25) is 0 Å². The number of hydrogen-bond donors (Lipinski definition) is 3. The standard InChI is InChI=1S/C22H40O5S/c1-2-3-4-5-6-7-8-9-10-11-12-15-20(28-18-17-22(26)27)19(23)14-13-16-21(24)25/h12,15,19-20,23H,2-11,13-14,16-18H2,1H3,(H,24,25)(H,26,27)/b15-12-. The predicted octanol–water partition coefficient (Wildman–Crippen LogP) is 5.66. The minimum absolute atomic E-state index is 0.0474. The molecule has 0 aromatic heterocycles. The third-order valence-electron chi connectivity index (χ3n) is 4.70. The van der Waals surface area contributed by atoms with Crippen molar-refractivity contribution in [1.82, 2.24) is 0 Å². The highest BCUT2D eigenvalue weighted by Crippen LogP contribution is 2.22. The Labute approximate surface area is 175 Å². The number of aliphatic carboxylic acids is 2. The van der Waals surface area contributed by atoms with Gasteiger partial charge >= 0.3 is 11.9 Å². The van der Waals surface area contributed by atoms with Crippen LogP contribution < -0.4 is 0 Å². The van der Waals surface area contributed by atoms with Crippen LogP contribution in [0.1, 0.15) is 96.8 Å². The van der Waals surface area contributed by atoms with Gasteiger partial charge in [0.05, 0.1) is 12.5 Å². The molecule has 0 spiro atoms. The quantitative estimate of drug-likeness (QED) is 0.175. The van der Waals surface area contributed by atoms with E-state index in [9.17, 15) is 14.7 Å². The van der Waals surface area contributed by atoms with Gasteiger partial charge in [0.25, 0.3) is 0 Å². The van der Waals surface area contributed by atoms with Crippen LogP contribution in [-0.4, -0.2) is 44.4 Å². The summed E-state index contributed by atoms with van der Waals surface area (Å²) in [7, 11) is 0. The average Bonchev–Trinajstić information content (AvgIpc) is 2.64. The predicted molar refractivity (Wildman–Crippen MR) is 117 cm³/mol. The maximum Gasteiger partial charge on any atom is 0.304 e. The first-order valence-electron chi connectivity index (χ1n) is 10.9. The van der Waals surface area contributed by atoms with Gasteiger partial charge in [0, 0.05) is 17.4 Å². The van der Waals surface area contributed by atoms with Crippen LogP contribution in [0.5, 0.6) is 0 Å². The Morgan fingerprint density at radius 3 is 2.00 bits per heavy atom. The first kappa shape index (κ1) is 27.0. The first-order chi connectivity index (χ1) is 13.5. The molecular weight excluding hydrogens is 376 g/mol. The number of aliphatic hydroxyl groups excluding tert-OH is 1. The lowest BCUT2D eigenvalue weighted by Gasteiger charge is -2.19. The van der Waals surface area contributed by atoms with Crippen molar-refractivity contribution in [2.24, 2.45) is 0 Å². The molecule has 0 aromatic rings.